The molecule has 396 valence electrons. The highest BCUT2D eigenvalue weighted by atomic mass is 31.2. The Morgan fingerprint density at radius 2 is 0.765 bits per heavy atom. The molecule has 0 bridgehead atoms. The fraction of sp³-hybridized carbons (Fsp3) is 0.804. The van der Waals surface area contributed by atoms with Gasteiger partial charge >= 0.3 is 25.7 Å². The lowest BCUT2D eigenvalue weighted by Gasteiger charge is -2.21. The van der Waals surface area contributed by atoms with Gasteiger partial charge in [-0.1, -0.05) is 236 Å². The molecular formula is C56H101O11P. The van der Waals surface area contributed by atoms with Crippen molar-refractivity contribution in [2.45, 2.75) is 264 Å². The molecule has 0 heterocycles. The molecule has 0 saturated carbocycles. The van der Waals surface area contributed by atoms with Crippen LogP contribution in [0.3, 0.4) is 0 Å². The number of allylic oxidation sites excluding steroid dienone is 8. The zero-order valence-electron chi connectivity index (χ0n) is 43.6. The van der Waals surface area contributed by atoms with Crippen LogP contribution in [0.5, 0.6) is 0 Å². The molecule has 0 aromatic rings. The molecular weight excluding hydrogens is 880 g/mol. The van der Waals surface area contributed by atoms with Crippen LogP contribution in [0.15, 0.2) is 48.6 Å². The minimum Gasteiger partial charge on any atom is -0.462 e. The Bertz CT molecular complexity index is 1330. The van der Waals surface area contributed by atoms with E-state index < -0.39 is 57.8 Å². The van der Waals surface area contributed by atoms with Gasteiger partial charge in [-0.05, 0) is 44.9 Å². The third-order valence-electron chi connectivity index (χ3n) is 11.8. The number of hydrogen-bond acceptors (Lipinski definition) is 10. The predicted octanol–water partition coefficient (Wildman–Crippen LogP) is 15.8. The fourth-order valence-electron chi connectivity index (χ4n) is 7.61. The highest BCUT2D eigenvalue weighted by Gasteiger charge is 2.28. The number of aliphatic hydroxyl groups is 1. The molecule has 0 aromatic carbocycles. The Morgan fingerprint density at radius 1 is 0.426 bits per heavy atom. The summed E-state index contributed by atoms with van der Waals surface area (Å²) in [5.74, 6) is -1.55. The second-order valence-electron chi connectivity index (χ2n) is 18.4. The van der Waals surface area contributed by atoms with Gasteiger partial charge in [-0.25, -0.2) is 4.57 Å². The number of esters is 3. The maximum atomic E-state index is 12.8. The Morgan fingerprint density at radius 3 is 1.18 bits per heavy atom. The number of rotatable bonds is 51. The molecule has 2 N–H and O–H groups in total. The third-order valence-corrected chi connectivity index (χ3v) is 12.7. The van der Waals surface area contributed by atoms with E-state index in [2.05, 4.69) is 57.2 Å². The number of carbonyl (C=O) groups excluding carboxylic acids is 3. The van der Waals surface area contributed by atoms with Crippen molar-refractivity contribution < 1.29 is 52.2 Å². The van der Waals surface area contributed by atoms with E-state index in [-0.39, 0.29) is 25.9 Å². The van der Waals surface area contributed by atoms with Crippen molar-refractivity contribution in [2.75, 3.05) is 26.4 Å². The zero-order valence-corrected chi connectivity index (χ0v) is 44.5. The Hall–Kier alpha value is -2.56. The first-order valence-electron chi connectivity index (χ1n) is 27.5. The second kappa shape index (κ2) is 50.8. The normalized spacial score (nSPS) is 13.8. The number of ether oxygens (including phenoxy) is 3. The van der Waals surface area contributed by atoms with E-state index >= 15 is 0 Å². The molecule has 0 aromatic heterocycles. The monoisotopic (exact) mass is 981 g/mol. The van der Waals surface area contributed by atoms with Gasteiger partial charge < -0.3 is 24.2 Å². The smallest absolute Gasteiger partial charge is 0.462 e. The molecule has 0 rings (SSSR count). The topological polar surface area (TPSA) is 155 Å². The maximum absolute atomic E-state index is 12.8. The fourth-order valence-corrected chi connectivity index (χ4v) is 8.39. The first-order valence-corrected chi connectivity index (χ1v) is 29.0. The van der Waals surface area contributed by atoms with Crippen LogP contribution in [0.1, 0.15) is 252 Å². The van der Waals surface area contributed by atoms with Crippen molar-refractivity contribution in [3.8, 4) is 0 Å². The molecule has 0 fully saturated rings. The highest BCUT2D eigenvalue weighted by Crippen LogP contribution is 2.43. The van der Waals surface area contributed by atoms with Gasteiger partial charge in [-0.3, -0.25) is 23.4 Å². The summed E-state index contributed by atoms with van der Waals surface area (Å²) in [5, 5.41) is 9.75. The van der Waals surface area contributed by atoms with E-state index in [0.29, 0.717) is 19.3 Å². The standard InChI is InChI=1S/C56H101O11P/c1-4-7-10-13-16-19-21-23-24-25-26-27-28-30-31-34-36-39-42-45-54(58)63-49-53(67-56(60)47-44-41-38-35-32-29-22-20-17-14-11-8-5-2)51-65-68(61,62)64-50-52(48-57)66-55(59)46-43-40-37-33-18-15-12-9-6-3/h8,11,17,20,29,32,38,41,52-53,57H,4-7,9-10,12-16,18-19,21-28,30-31,33-37,39-40,42-51H2,1-3H3,(H,61,62)/b11-8-,20-17-,32-29-,41-38-. The average Bonchev–Trinajstić information content (AvgIpc) is 3.32. The van der Waals surface area contributed by atoms with Crippen molar-refractivity contribution in [2.24, 2.45) is 0 Å². The van der Waals surface area contributed by atoms with E-state index in [0.717, 1.165) is 64.2 Å². The molecule has 68 heavy (non-hydrogen) atoms. The summed E-state index contributed by atoms with van der Waals surface area (Å²) in [5.41, 5.74) is 0. The molecule has 12 heteroatoms. The van der Waals surface area contributed by atoms with Crippen LogP contribution in [-0.4, -0.2) is 66.5 Å². The number of aliphatic hydroxyl groups excluding tert-OH is 1. The number of phosphoric ester groups is 1. The molecule has 0 aliphatic rings. The van der Waals surface area contributed by atoms with Crippen LogP contribution >= 0.6 is 7.82 Å². The second-order valence-corrected chi connectivity index (χ2v) is 19.8. The number of carbonyl (C=O) groups is 3. The van der Waals surface area contributed by atoms with E-state index in [4.69, 9.17) is 23.3 Å². The summed E-state index contributed by atoms with van der Waals surface area (Å²) in [4.78, 5) is 48.3. The molecule has 3 atom stereocenters. The van der Waals surface area contributed by atoms with Gasteiger partial charge in [0.1, 0.15) is 12.7 Å². The first kappa shape index (κ1) is 65.4. The van der Waals surface area contributed by atoms with Gasteiger partial charge in [0.25, 0.3) is 0 Å². The van der Waals surface area contributed by atoms with Gasteiger partial charge in [0.15, 0.2) is 6.10 Å². The van der Waals surface area contributed by atoms with Crippen LogP contribution in [-0.2, 0) is 42.2 Å². The maximum Gasteiger partial charge on any atom is 0.472 e. The van der Waals surface area contributed by atoms with Crippen molar-refractivity contribution in [1.82, 2.24) is 0 Å². The highest BCUT2D eigenvalue weighted by molar-refractivity contribution is 7.47. The minimum absolute atomic E-state index is 0.0495. The molecule has 0 spiro atoms. The molecule has 0 aliphatic carbocycles. The largest absolute Gasteiger partial charge is 0.472 e. The van der Waals surface area contributed by atoms with Crippen LogP contribution < -0.4 is 0 Å². The van der Waals surface area contributed by atoms with Crippen LogP contribution in [0, 0.1) is 0 Å². The summed E-state index contributed by atoms with van der Waals surface area (Å²) >= 11 is 0. The van der Waals surface area contributed by atoms with E-state index in [1.807, 2.05) is 12.2 Å². The average molecular weight is 981 g/mol. The lowest BCUT2D eigenvalue weighted by Crippen LogP contribution is -2.30. The lowest BCUT2D eigenvalue weighted by atomic mass is 10.0. The van der Waals surface area contributed by atoms with Crippen LogP contribution in [0.2, 0.25) is 0 Å². The Labute approximate surface area is 415 Å². The van der Waals surface area contributed by atoms with Crippen molar-refractivity contribution in [3.05, 3.63) is 48.6 Å². The SMILES string of the molecule is CC/C=C\C/C=C\C/C=C\C/C=C\CCC(=O)OC(COC(=O)CCCCCCCCCCCCCCCCCCCCC)COP(=O)(O)OCC(CO)OC(=O)CCCCCCCCCCC. The van der Waals surface area contributed by atoms with E-state index in [1.165, 1.54) is 128 Å². The molecule has 0 aliphatic heterocycles. The number of hydrogen-bond donors (Lipinski definition) is 2. The molecule has 3 unspecified atom stereocenters. The quantitative estimate of drug-likeness (QED) is 0.0197. The van der Waals surface area contributed by atoms with Gasteiger partial charge in [0.05, 0.1) is 19.8 Å². The van der Waals surface area contributed by atoms with E-state index in [1.54, 1.807) is 0 Å². The minimum atomic E-state index is -4.75. The molecule has 0 radical (unpaired) electrons. The number of phosphoric acid groups is 1. The third kappa shape index (κ3) is 48.5. The van der Waals surface area contributed by atoms with Crippen LogP contribution in [0.25, 0.3) is 0 Å². The summed E-state index contributed by atoms with van der Waals surface area (Å²) in [6, 6.07) is 0. The lowest BCUT2D eigenvalue weighted by molar-refractivity contribution is -0.161. The van der Waals surface area contributed by atoms with Gasteiger partial charge in [0.2, 0.25) is 0 Å². The van der Waals surface area contributed by atoms with Gasteiger partial charge in [0, 0.05) is 19.3 Å². The van der Waals surface area contributed by atoms with Crippen LogP contribution in [0.4, 0.5) is 0 Å². The van der Waals surface area contributed by atoms with Crippen molar-refractivity contribution in [1.29, 1.82) is 0 Å². The van der Waals surface area contributed by atoms with Crippen molar-refractivity contribution >= 4 is 25.7 Å². The van der Waals surface area contributed by atoms with Gasteiger partial charge in [-0.2, -0.15) is 0 Å². The summed E-state index contributed by atoms with van der Waals surface area (Å²) in [6.45, 7) is 4.44. The summed E-state index contributed by atoms with van der Waals surface area (Å²) < 4.78 is 39.3. The summed E-state index contributed by atoms with van der Waals surface area (Å²) in [7, 11) is -4.75. The first-order chi connectivity index (χ1) is 33.2. The zero-order chi connectivity index (χ0) is 49.9. The predicted molar refractivity (Wildman–Crippen MR) is 279 cm³/mol. The Balaban J connectivity index is 4.72. The summed E-state index contributed by atoms with van der Waals surface area (Å²) in [6.07, 6.45) is 52.6. The molecule has 0 amide bonds. The molecule has 11 nitrogen and oxygen atoms in total. The van der Waals surface area contributed by atoms with Gasteiger partial charge in [-0.15, -0.1) is 0 Å². The Kier molecular flexibility index (Phi) is 48.9. The van der Waals surface area contributed by atoms with E-state index in [9.17, 15) is 28.9 Å². The molecule has 0 saturated heterocycles. The van der Waals surface area contributed by atoms with Crippen molar-refractivity contribution in [3.63, 3.8) is 0 Å². The number of unbranched alkanes of at least 4 members (excludes halogenated alkanes) is 26.